The molecule has 2 heterocycles. The molecule has 2 fully saturated rings. The quantitative estimate of drug-likeness (QED) is 0.193. The fourth-order valence-corrected chi connectivity index (χ4v) is 10.9. The molecule has 4 nitrogen and oxygen atoms in total. The highest BCUT2D eigenvalue weighted by atomic mass is 16.4. The molecule has 9 rings (SSSR count). The van der Waals surface area contributed by atoms with Crippen LogP contribution in [0, 0.1) is 5.41 Å². The van der Waals surface area contributed by atoms with E-state index in [1.165, 1.54) is 91.2 Å². The van der Waals surface area contributed by atoms with Crippen LogP contribution in [-0.4, -0.2) is 15.1 Å². The maximum atomic E-state index is 11.4. The Labute approximate surface area is 352 Å². The summed E-state index contributed by atoms with van der Waals surface area (Å²) in [5, 5.41) is 11.4. The molecule has 1 spiro atoms. The highest BCUT2D eigenvalue weighted by molar-refractivity contribution is 6.00. The average Bonchev–Trinajstić information content (AvgIpc) is 3.64. The Kier molecular flexibility index (Phi) is 9.38. The molecule has 0 saturated heterocycles. The number of phenols is 1. The molecule has 0 amide bonds. The van der Waals surface area contributed by atoms with Crippen LogP contribution in [0.25, 0.3) is 56.1 Å². The standard InChI is InChI=1S/C55H64N2O2/c1-51(2,3)39-19-20-40(46(58)32-39)50-57-48-47-41-30-38(18-21-42(41)53(7,8)54(9,10)43(47)33-44(49(48)59-50)52(4,5)6)45-31-37(24-29-56-45)35-16-14-34(15-17-35)36-22-27-55(28-23-36)25-12-11-13-26-55/h14-21,24,29-33,36,58H,11-13,22-23,25-28H2,1-10H3. The minimum absolute atomic E-state index is 0.0957. The maximum absolute atomic E-state index is 11.4. The number of phenolic OH excluding ortho intramolecular Hbond substituents is 1. The Hall–Kier alpha value is -4.70. The normalized spacial score (nSPS) is 18.8. The smallest absolute Gasteiger partial charge is 0.231 e. The molecule has 0 aliphatic heterocycles. The zero-order valence-electron chi connectivity index (χ0n) is 37.3. The van der Waals surface area contributed by atoms with Crippen LogP contribution in [0.3, 0.4) is 0 Å². The number of hydrogen-bond acceptors (Lipinski definition) is 4. The van der Waals surface area contributed by atoms with E-state index in [1.54, 1.807) is 0 Å². The van der Waals surface area contributed by atoms with Crippen LogP contribution in [0.1, 0.15) is 161 Å². The van der Waals surface area contributed by atoms with Crippen molar-refractivity contribution >= 4 is 11.1 Å². The van der Waals surface area contributed by atoms with E-state index in [9.17, 15) is 5.11 Å². The van der Waals surface area contributed by atoms with Gasteiger partial charge in [0.05, 0.1) is 11.3 Å². The van der Waals surface area contributed by atoms with Crippen LogP contribution >= 0.6 is 0 Å². The van der Waals surface area contributed by atoms with Crippen LogP contribution in [0.4, 0.5) is 0 Å². The minimum atomic E-state index is -0.222. The molecule has 2 saturated carbocycles. The van der Waals surface area contributed by atoms with Crippen molar-refractivity contribution in [2.75, 3.05) is 0 Å². The van der Waals surface area contributed by atoms with Crippen molar-refractivity contribution in [3.63, 3.8) is 0 Å². The van der Waals surface area contributed by atoms with E-state index in [2.05, 4.69) is 136 Å². The van der Waals surface area contributed by atoms with Crippen molar-refractivity contribution in [1.29, 1.82) is 0 Å². The number of rotatable bonds is 4. The molecule has 0 atom stereocenters. The van der Waals surface area contributed by atoms with Gasteiger partial charge in [0.1, 0.15) is 11.3 Å². The van der Waals surface area contributed by atoms with Gasteiger partial charge in [-0.05, 0) is 141 Å². The Bertz CT molecular complexity index is 2560. The fourth-order valence-electron chi connectivity index (χ4n) is 10.9. The van der Waals surface area contributed by atoms with Gasteiger partial charge in [-0.25, -0.2) is 4.98 Å². The van der Waals surface area contributed by atoms with Crippen molar-refractivity contribution in [3.05, 3.63) is 113 Å². The lowest BCUT2D eigenvalue weighted by molar-refractivity contribution is 0.114. The van der Waals surface area contributed by atoms with Crippen molar-refractivity contribution in [2.45, 2.75) is 155 Å². The summed E-state index contributed by atoms with van der Waals surface area (Å²) in [6, 6.07) is 29.0. The van der Waals surface area contributed by atoms with E-state index in [4.69, 9.17) is 14.4 Å². The third kappa shape index (κ3) is 6.74. The first-order valence-corrected chi connectivity index (χ1v) is 22.4. The van der Waals surface area contributed by atoms with Gasteiger partial charge in [-0.1, -0.05) is 137 Å². The summed E-state index contributed by atoms with van der Waals surface area (Å²) >= 11 is 0. The molecule has 6 aromatic rings. The Morgan fingerprint density at radius 1 is 0.644 bits per heavy atom. The highest BCUT2D eigenvalue weighted by Gasteiger charge is 2.48. The first-order chi connectivity index (χ1) is 27.9. The number of fused-ring (bicyclic) bond motifs is 5. The van der Waals surface area contributed by atoms with Crippen molar-refractivity contribution in [1.82, 2.24) is 9.97 Å². The van der Waals surface area contributed by atoms with E-state index in [1.807, 2.05) is 18.3 Å². The molecule has 0 bridgehead atoms. The van der Waals surface area contributed by atoms with Gasteiger partial charge in [0.15, 0.2) is 5.58 Å². The first kappa shape index (κ1) is 39.7. The van der Waals surface area contributed by atoms with E-state index < -0.39 is 0 Å². The van der Waals surface area contributed by atoms with Crippen LogP contribution < -0.4 is 0 Å². The van der Waals surface area contributed by atoms with Crippen molar-refractivity contribution in [3.8, 4) is 50.7 Å². The molecule has 3 aliphatic rings. The Balaban J connectivity index is 1.11. The first-order valence-electron chi connectivity index (χ1n) is 22.4. The average molecular weight is 785 g/mol. The van der Waals surface area contributed by atoms with Crippen molar-refractivity contribution < 1.29 is 9.52 Å². The number of aromatic hydroxyl groups is 1. The number of oxazole rings is 1. The van der Waals surface area contributed by atoms with Gasteiger partial charge in [0.2, 0.25) is 5.89 Å². The zero-order valence-corrected chi connectivity index (χ0v) is 37.3. The summed E-state index contributed by atoms with van der Waals surface area (Å²) < 4.78 is 6.79. The topological polar surface area (TPSA) is 59.2 Å². The Morgan fingerprint density at radius 3 is 1.98 bits per heavy atom. The molecule has 0 radical (unpaired) electrons. The van der Waals surface area contributed by atoms with Gasteiger partial charge in [-0.15, -0.1) is 0 Å². The largest absolute Gasteiger partial charge is 0.507 e. The van der Waals surface area contributed by atoms with Gasteiger partial charge >= 0.3 is 0 Å². The van der Waals surface area contributed by atoms with Crippen molar-refractivity contribution in [2.24, 2.45) is 5.41 Å². The summed E-state index contributed by atoms with van der Waals surface area (Å²) in [4.78, 5) is 10.3. The summed E-state index contributed by atoms with van der Waals surface area (Å²) in [5.74, 6) is 1.30. The van der Waals surface area contributed by atoms with Crippen LogP contribution in [0.5, 0.6) is 5.75 Å². The van der Waals surface area contributed by atoms with Crippen LogP contribution in [-0.2, 0) is 21.7 Å². The SMILES string of the molecule is CC(C)(C)c1ccc(-c2nc3c4c(cc(C(C)(C)C)c3o2)C(C)(C)C(C)(C)c2ccc(-c3cc(-c5ccc(C6CCC7(CCCCC7)CC6)cc5)ccn3)cc2-4)c(O)c1. The molecular weight excluding hydrogens is 721 g/mol. The monoisotopic (exact) mass is 784 g/mol. The molecule has 4 heteroatoms. The fraction of sp³-hybridized carbons (Fsp3) is 0.455. The number of benzene rings is 4. The van der Waals surface area contributed by atoms with Crippen LogP contribution in [0.2, 0.25) is 0 Å². The lowest BCUT2D eigenvalue weighted by Crippen LogP contribution is -2.43. The number of pyridine rings is 1. The van der Waals surface area contributed by atoms with E-state index in [-0.39, 0.29) is 27.4 Å². The molecule has 306 valence electrons. The highest BCUT2D eigenvalue weighted by Crippen LogP contribution is 2.58. The van der Waals surface area contributed by atoms with Gasteiger partial charge in [-0.3, -0.25) is 4.98 Å². The molecular formula is C55H64N2O2. The second-order valence-corrected chi connectivity index (χ2v) is 21.7. The van der Waals surface area contributed by atoms with E-state index in [0.717, 1.165) is 39.0 Å². The maximum Gasteiger partial charge on any atom is 0.231 e. The number of hydrogen-bond donors (Lipinski definition) is 1. The van der Waals surface area contributed by atoms with Gasteiger partial charge < -0.3 is 9.52 Å². The Morgan fingerprint density at radius 2 is 1.32 bits per heavy atom. The van der Waals surface area contributed by atoms with Gasteiger partial charge in [0, 0.05) is 22.9 Å². The minimum Gasteiger partial charge on any atom is -0.507 e. The zero-order chi connectivity index (χ0) is 41.7. The van der Waals surface area contributed by atoms with E-state index in [0.29, 0.717) is 22.8 Å². The van der Waals surface area contributed by atoms with Gasteiger partial charge in [-0.2, -0.15) is 0 Å². The van der Waals surface area contributed by atoms with Crippen LogP contribution in [0.15, 0.2) is 89.5 Å². The summed E-state index contributed by atoms with van der Waals surface area (Å²) in [6.07, 6.45) is 14.7. The predicted molar refractivity (Wildman–Crippen MR) is 245 cm³/mol. The number of aromatic nitrogens is 2. The molecule has 59 heavy (non-hydrogen) atoms. The third-order valence-electron chi connectivity index (χ3n) is 15.5. The lowest BCUT2D eigenvalue weighted by atomic mass is 9.54. The summed E-state index contributed by atoms with van der Waals surface area (Å²) in [7, 11) is 0. The third-order valence-corrected chi connectivity index (χ3v) is 15.5. The number of nitrogens with zero attached hydrogens (tertiary/aromatic N) is 2. The molecule has 3 aliphatic carbocycles. The lowest BCUT2D eigenvalue weighted by Gasteiger charge is -2.48. The second-order valence-electron chi connectivity index (χ2n) is 21.7. The second kappa shape index (κ2) is 13.9. The predicted octanol–water partition coefficient (Wildman–Crippen LogP) is 15.4. The summed E-state index contributed by atoms with van der Waals surface area (Å²) in [6.45, 7) is 22.7. The molecule has 1 N–H and O–H groups in total. The molecule has 0 unspecified atom stereocenters. The summed E-state index contributed by atoms with van der Waals surface area (Å²) in [5.41, 5.74) is 15.1. The van der Waals surface area contributed by atoms with Gasteiger partial charge in [0.25, 0.3) is 0 Å². The molecule has 2 aromatic heterocycles. The molecule has 4 aromatic carbocycles. The van der Waals surface area contributed by atoms with E-state index >= 15 is 0 Å².